The number of amides is 1. The van der Waals surface area contributed by atoms with E-state index < -0.39 is 6.04 Å². The van der Waals surface area contributed by atoms with Crippen LogP contribution >= 0.6 is 0 Å². The summed E-state index contributed by atoms with van der Waals surface area (Å²) in [6.45, 7) is 3.91. The lowest BCUT2D eigenvalue weighted by atomic mass is 10.1. The van der Waals surface area contributed by atoms with Gasteiger partial charge in [-0.25, -0.2) is 0 Å². The molecule has 1 aliphatic rings. The fraction of sp³-hybridized carbons (Fsp3) is 0.533. The molecule has 1 fully saturated rings. The Labute approximate surface area is 115 Å². The molecule has 0 aromatic heterocycles. The van der Waals surface area contributed by atoms with Crippen LogP contribution in [0, 0.1) is 0 Å². The molecule has 0 aliphatic carbocycles. The quantitative estimate of drug-likeness (QED) is 0.839. The Morgan fingerprint density at radius 2 is 1.89 bits per heavy atom. The summed E-state index contributed by atoms with van der Waals surface area (Å²) in [5.74, 6) is -0.0943. The second-order valence-electron chi connectivity index (χ2n) is 5.08. The molecule has 1 aromatic carbocycles. The number of hydrogen-bond acceptors (Lipinski definition) is 3. The zero-order chi connectivity index (χ0) is 13.5. The van der Waals surface area contributed by atoms with Crippen LogP contribution < -0.4 is 11.1 Å². The van der Waals surface area contributed by atoms with E-state index in [1.807, 2.05) is 30.3 Å². The number of carbonyl (C=O) groups is 1. The molecule has 2 rings (SSSR count). The van der Waals surface area contributed by atoms with Crippen LogP contribution in [-0.2, 0) is 4.79 Å². The van der Waals surface area contributed by atoms with Gasteiger partial charge in [0.05, 0.1) is 0 Å². The molecule has 4 nitrogen and oxygen atoms in total. The monoisotopic (exact) mass is 261 g/mol. The minimum Gasteiger partial charge on any atom is -0.353 e. The number of likely N-dealkylation sites (tertiary alicyclic amines) is 1. The number of hydrogen-bond donors (Lipinski definition) is 2. The summed E-state index contributed by atoms with van der Waals surface area (Å²) in [5.41, 5.74) is 6.79. The van der Waals surface area contributed by atoms with Crippen molar-refractivity contribution in [3.8, 4) is 0 Å². The van der Waals surface area contributed by atoms with Gasteiger partial charge in [0.2, 0.25) is 5.91 Å². The third-order valence-electron chi connectivity index (χ3n) is 3.62. The summed E-state index contributed by atoms with van der Waals surface area (Å²) in [7, 11) is 0. The summed E-state index contributed by atoms with van der Waals surface area (Å²) in [5, 5.41) is 2.92. The van der Waals surface area contributed by atoms with Crippen LogP contribution in [0.25, 0.3) is 0 Å². The molecule has 0 bridgehead atoms. The number of piperidine rings is 1. The van der Waals surface area contributed by atoms with Gasteiger partial charge in [0, 0.05) is 13.1 Å². The van der Waals surface area contributed by atoms with Gasteiger partial charge in [0.15, 0.2) is 0 Å². The van der Waals surface area contributed by atoms with E-state index in [-0.39, 0.29) is 5.91 Å². The van der Waals surface area contributed by atoms with Gasteiger partial charge in [-0.1, -0.05) is 36.8 Å². The van der Waals surface area contributed by atoms with E-state index >= 15 is 0 Å². The van der Waals surface area contributed by atoms with Crippen LogP contribution in [0.1, 0.15) is 30.9 Å². The maximum Gasteiger partial charge on any atom is 0.241 e. The van der Waals surface area contributed by atoms with Crippen LogP contribution in [0.3, 0.4) is 0 Å². The number of benzene rings is 1. The average Bonchev–Trinajstić information content (AvgIpc) is 2.48. The Bertz CT molecular complexity index is 388. The Hall–Kier alpha value is -1.39. The SMILES string of the molecule is N[C@H](C(=O)NCCN1CCCCC1)c1ccccc1. The van der Waals surface area contributed by atoms with Crippen LogP contribution in [0.15, 0.2) is 30.3 Å². The van der Waals surface area contributed by atoms with Gasteiger partial charge in [-0.2, -0.15) is 0 Å². The van der Waals surface area contributed by atoms with E-state index in [1.54, 1.807) is 0 Å². The van der Waals surface area contributed by atoms with Crippen molar-refractivity contribution in [1.82, 2.24) is 10.2 Å². The molecule has 0 saturated carbocycles. The molecular weight excluding hydrogens is 238 g/mol. The standard InChI is InChI=1S/C15H23N3O/c16-14(13-7-3-1-4-8-13)15(19)17-9-12-18-10-5-2-6-11-18/h1,3-4,7-8,14H,2,5-6,9-12,16H2,(H,17,19)/t14-/m0/s1. The highest BCUT2D eigenvalue weighted by Gasteiger charge is 2.15. The predicted molar refractivity (Wildman–Crippen MR) is 76.7 cm³/mol. The molecule has 4 heteroatoms. The normalized spacial score (nSPS) is 17.9. The predicted octanol–water partition coefficient (Wildman–Crippen LogP) is 1.29. The van der Waals surface area contributed by atoms with Gasteiger partial charge >= 0.3 is 0 Å². The highest BCUT2D eigenvalue weighted by atomic mass is 16.2. The first-order chi connectivity index (χ1) is 9.27. The summed E-state index contributed by atoms with van der Waals surface area (Å²) >= 11 is 0. The third-order valence-corrected chi connectivity index (χ3v) is 3.62. The molecule has 1 amide bonds. The zero-order valence-electron chi connectivity index (χ0n) is 11.3. The lowest BCUT2D eigenvalue weighted by molar-refractivity contribution is -0.122. The minimum absolute atomic E-state index is 0.0943. The lowest BCUT2D eigenvalue weighted by Crippen LogP contribution is -2.40. The second-order valence-corrected chi connectivity index (χ2v) is 5.08. The fourth-order valence-corrected chi connectivity index (χ4v) is 2.44. The van der Waals surface area contributed by atoms with E-state index in [2.05, 4.69) is 10.2 Å². The number of carbonyl (C=O) groups excluding carboxylic acids is 1. The van der Waals surface area contributed by atoms with E-state index in [9.17, 15) is 4.79 Å². The maximum absolute atomic E-state index is 11.9. The number of nitrogens with zero attached hydrogens (tertiary/aromatic N) is 1. The second kappa shape index (κ2) is 7.26. The van der Waals surface area contributed by atoms with Crippen LogP contribution in [0.5, 0.6) is 0 Å². The molecule has 3 N–H and O–H groups in total. The Kier molecular flexibility index (Phi) is 5.36. The molecule has 104 valence electrons. The highest BCUT2D eigenvalue weighted by molar-refractivity contribution is 5.82. The van der Waals surface area contributed by atoms with Crippen LogP contribution in [0.4, 0.5) is 0 Å². The van der Waals surface area contributed by atoms with Crippen molar-refractivity contribution >= 4 is 5.91 Å². The van der Waals surface area contributed by atoms with Crippen molar-refractivity contribution in [2.24, 2.45) is 5.73 Å². The number of nitrogens with two attached hydrogens (primary N) is 1. The van der Waals surface area contributed by atoms with Crippen molar-refractivity contribution in [3.63, 3.8) is 0 Å². The number of nitrogens with one attached hydrogen (secondary N) is 1. The first kappa shape index (κ1) is 14.0. The van der Waals surface area contributed by atoms with E-state index in [0.717, 1.165) is 25.2 Å². The molecule has 0 spiro atoms. The maximum atomic E-state index is 11.9. The summed E-state index contributed by atoms with van der Waals surface area (Å²) in [4.78, 5) is 14.3. The first-order valence-electron chi connectivity index (χ1n) is 7.08. The summed E-state index contributed by atoms with van der Waals surface area (Å²) in [6, 6.07) is 8.92. The van der Waals surface area contributed by atoms with E-state index in [1.165, 1.54) is 19.3 Å². The van der Waals surface area contributed by atoms with Crippen molar-refractivity contribution in [2.45, 2.75) is 25.3 Å². The molecule has 0 unspecified atom stereocenters. The topological polar surface area (TPSA) is 58.4 Å². The van der Waals surface area contributed by atoms with Gasteiger partial charge in [-0.15, -0.1) is 0 Å². The van der Waals surface area contributed by atoms with Gasteiger partial charge in [0.1, 0.15) is 6.04 Å². The van der Waals surface area contributed by atoms with Gasteiger partial charge in [-0.05, 0) is 31.5 Å². The highest BCUT2D eigenvalue weighted by Crippen LogP contribution is 2.09. The molecule has 1 aliphatic heterocycles. The van der Waals surface area contributed by atoms with E-state index in [0.29, 0.717) is 6.54 Å². The third kappa shape index (κ3) is 4.33. The molecule has 19 heavy (non-hydrogen) atoms. The molecular formula is C15H23N3O. The number of rotatable bonds is 5. The molecule has 1 saturated heterocycles. The first-order valence-corrected chi connectivity index (χ1v) is 7.08. The minimum atomic E-state index is -0.567. The Balaban J connectivity index is 1.72. The van der Waals surface area contributed by atoms with Gasteiger partial charge < -0.3 is 16.0 Å². The van der Waals surface area contributed by atoms with Crippen molar-refractivity contribution in [3.05, 3.63) is 35.9 Å². The van der Waals surface area contributed by atoms with Crippen molar-refractivity contribution in [2.75, 3.05) is 26.2 Å². The molecule has 0 radical (unpaired) electrons. The van der Waals surface area contributed by atoms with Crippen LogP contribution in [-0.4, -0.2) is 37.0 Å². The Morgan fingerprint density at radius 3 is 2.58 bits per heavy atom. The zero-order valence-corrected chi connectivity index (χ0v) is 11.3. The summed E-state index contributed by atoms with van der Waals surface area (Å²) < 4.78 is 0. The van der Waals surface area contributed by atoms with E-state index in [4.69, 9.17) is 5.73 Å². The van der Waals surface area contributed by atoms with Crippen LogP contribution in [0.2, 0.25) is 0 Å². The molecule has 1 heterocycles. The molecule has 1 atom stereocenters. The van der Waals surface area contributed by atoms with Crippen molar-refractivity contribution in [1.29, 1.82) is 0 Å². The van der Waals surface area contributed by atoms with Gasteiger partial charge in [-0.3, -0.25) is 4.79 Å². The van der Waals surface area contributed by atoms with Crippen molar-refractivity contribution < 1.29 is 4.79 Å². The van der Waals surface area contributed by atoms with Gasteiger partial charge in [0.25, 0.3) is 0 Å². The fourth-order valence-electron chi connectivity index (χ4n) is 2.44. The smallest absolute Gasteiger partial charge is 0.241 e. The summed E-state index contributed by atoms with van der Waals surface area (Å²) in [6.07, 6.45) is 3.89. The average molecular weight is 261 g/mol. The largest absolute Gasteiger partial charge is 0.353 e. The lowest BCUT2D eigenvalue weighted by Gasteiger charge is -2.26. The molecule has 1 aromatic rings. The Morgan fingerprint density at radius 1 is 1.21 bits per heavy atom.